The van der Waals surface area contributed by atoms with Crippen LogP contribution in [0.2, 0.25) is 0 Å². The van der Waals surface area contributed by atoms with Gasteiger partial charge in [-0.25, -0.2) is 0 Å². The maximum absolute atomic E-state index is 13.0. The number of carbonyl (C=O) groups excluding carboxylic acids is 1. The van der Waals surface area contributed by atoms with Crippen molar-refractivity contribution < 1.29 is 9.53 Å². The van der Waals surface area contributed by atoms with Crippen LogP contribution in [-0.4, -0.2) is 25.6 Å². The van der Waals surface area contributed by atoms with Crippen molar-refractivity contribution in [3.63, 3.8) is 0 Å². The van der Waals surface area contributed by atoms with Crippen molar-refractivity contribution in [2.75, 3.05) is 19.7 Å². The Bertz CT molecular complexity index is 776. The van der Waals surface area contributed by atoms with Gasteiger partial charge in [-0.3, -0.25) is 4.79 Å². The molecule has 4 heteroatoms. The standard InChI is InChI=1S/C28H42N2O2/c1-6-11-22(4)20-32-26-16-14-25(15-17-26)27(19-29-18-21(3)7-2)30-28(31)23(5)24-12-9-8-10-13-24/h8-10,12-17,21-23,27,29H,6-7,11,18-20H2,1-5H3,(H,30,31)/t21?,22?,23-,27-/m0/s1. The molecule has 2 N–H and O–H groups in total. The SMILES string of the molecule is CCCC(C)COc1ccc([C@H](CNCC(C)CC)NC(=O)[C@@H](C)c2ccccc2)cc1. The van der Waals surface area contributed by atoms with E-state index in [2.05, 4.69) is 50.5 Å². The van der Waals surface area contributed by atoms with E-state index in [-0.39, 0.29) is 17.9 Å². The van der Waals surface area contributed by atoms with Gasteiger partial charge in [0.05, 0.1) is 18.6 Å². The van der Waals surface area contributed by atoms with Crippen LogP contribution >= 0.6 is 0 Å². The third kappa shape index (κ3) is 8.66. The summed E-state index contributed by atoms with van der Waals surface area (Å²) in [5.74, 6) is 1.88. The molecule has 0 saturated carbocycles. The van der Waals surface area contributed by atoms with E-state index < -0.39 is 0 Å². The predicted octanol–water partition coefficient (Wildman–Crippen LogP) is 6.10. The quantitative estimate of drug-likeness (QED) is 0.375. The summed E-state index contributed by atoms with van der Waals surface area (Å²) in [5.41, 5.74) is 2.12. The number of amides is 1. The molecule has 0 aliphatic heterocycles. The fraction of sp³-hybridized carbons (Fsp3) is 0.536. The van der Waals surface area contributed by atoms with Crippen molar-refractivity contribution in [2.24, 2.45) is 11.8 Å². The molecule has 4 atom stereocenters. The Morgan fingerprint density at radius 1 is 0.875 bits per heavy atom. The van der Waals surface area contributed by atoms with Crippen molar-refractivity contribution in [3.8, 4) is 5.75 Å². The molecule has 2 aromatic rings. The molecular weight excluding hydrogens is 396 g/mol. The van der Waals surface area contributed by atoms with Gasteiger partial charge in [-0.1, -0.05) is 83.0 Å². The average molecular weight is 439 g/mol. The van der Waals surface area contributed by atoms with Gasteiger partial charge in [0.2, 0.25) is 5.91 Å². The highest BCUT2D eigenvalue weighted by Gasteiger charge is 2.20. The molecule has 176 valence electrons. The number of ether oxygens (including phenoxy) is 1. The summed E-state index contributed by atoms with van der Waals surface area (Å²) < 4.78 is 5.96. The normalized spacial score (nSPS) is 14.9. The summed E-state index contributed by atoms with van der Waals surface area (Å²) in [6, 6.07) is 18.0. The predicted molar refractivity (Wildman–Crippen MR) is 134 cm³/mol. The van der Waals surface area contributed by atoms with Crippen LogP contribution < -0.4 is 15.4 Å². The molecule has 0 aromatic heterocycles. The molecule has 4 nitrogen and oxygen atoms in total. The third-order valence-electron chi connectivity index (χ3n) is 6.15. The number of rotatable bonds is 14. The van der Waals surface area contributed by atoms with Crippen LogP contribution in [0.1, 0.15) is 77.0 Å². The number of nitrogens with one attached hydrogen (secondary N) is 2. The highest BCUT2D eigenvalue weighted by atomic mass is 16.5. The lowest BCUT2D eigenvalue weighted by molar-refractivity contribution is -0.123. The molecule has 2 rings (SSSR count). The number of hydrogen-bond acceptors (Lipinski definition) is 3. The summed E-state index contributed by atoms with van der Waals surface area (Å²) in [7, 11) is 0. The Morgan fingerprint density at radius 2 is 1.56 bits per heavy atom. The molecular formula is C28H42N2O2. The van der Waals surface area contributed by atoms with Crippen molar-refractivity contribution in [3.05, 3.63) is 65.7 Å². The fourth-order valence-electron chi connectivity index (χ4n) is 3.67. The second-order valence-corrected chi connectivity index (χ2v) is 9.14. The van der Waals surface area contributed by atoms with E-state index in [0.717, 1.165) is 36.4 Å². The zero-order valence-electron chi connectivity index (χ0n) is 20.6. The largest absolute Gasteiger partial charge is 0.493 e. The fourth-order valence-corrected chi connectivity index (χ4v) is 3.67. The van der Waals surface area contributed by atoms with Crippen molar-refractivity contribution in [1.29, 1.82) is 0 Å². The van der Waals surface area contributed by atoms with E-state index in [1.54, 1.807) is 0 Å². The lowest BCUT2D eigenvalue weighted by Crippen LogP contribution is -2.38. The molecule has 0 bridgehead atoms. The molecule has 0 radical (unpaired) electrons. The van der Waals surface area contributed by atoms with Gasteiger partial charge in [-0.2, -0.15) is 0 Å². The highest BCUT2D eigenvalue weighted by Crippen LogP contribution is 2.21. The van der Waals surface area contributed by atoms with Gasteiger partial charge in [0.25, 0.3) is 0 Å². The molecule has 2 unspecified atom stereocenters. The summed E-state index contributed by atoms with van der Waals surface area (Å²) in [6.07, 6.45) is 3.49. The van der Waals surface area contributed by atoms with Gasteiger partial charge in [0.15, 0.2) is 0 Å². The van der Waals surface area contributed by atoms with Crippen LogP contribution in [0.25, 0.3) is 0 Å². The van der Waals surface area contributed by atoms with E-state index in [4.69, 9.17) is 4.74 Å². The van der Waals surface area contributed by atoms with E-state index in [9.17, 15) is 4.79 Å². The lowest BCUT2D eigenvalue weighted by atomic mass is 9.99. The van der Waals surface area contributed by atoms with Crippen LogP contribution in [-0.2, 0) is 4.79 Å². The van der Waals surface area contributed by atoms with Gasteiger partial charge in [0.1, 0.15) is 5.75 Å². The second-order valence-electron chi connectivity index (χ2n) is 9.14. The lowest BCUT2D eigenvalue weighted by Gasteiger charge is -2.23. The first kappa shape index (κ1) is 25.9. The number of hydrogen-bond donors (Lipinski definition) is 2. The van der Waals surface area contributed by atoms with Gasteiger partial charge in [-0.15, -0.1) is 0 Å². The summed E-state index contributed by atoms with van der Waals surface area (Å²) >= 11 is 0. The molecule has 0 heterocycles. The third-order valence-corrected chi connectivity index (χ3v) is 6.15. The second kappa shape index (κ2) is 13.9. The molecule has 1 amide bonds. The Labute approximate surface area is 195 Å². The Morgan fingerprint density at radius 3 is 2.19 bits per heavy atom. The molecule has 2 aromatic carbocycles. The smallest absolute Gasteiger partial charge is 0.227 e. The van der Waals surface area contributed by atoms with E-state index in [1.807, 2.05) is 49.4 Å². The maximum Gasteiger partial charge on any atom is 0.227 e. The average Bonchev–Trinajstić information content (AvgIpc) is 2.82. The monoisotopic (exact) mass is 438 g/mol. The maximum atomic E-state index is 13.0. The molecule has 0 spiro atoms. The molecule has 0 aliphatic carbocycles. The van der Waals surface area contributed by atoms with E-state index in [0.29, 0.717) is 18.4 Å². The molecule has 0 saturated heterocycles. The van der Waals surface area contributed by atoms with Gasteiger partial charge < -0.3 is 15.4 Å². The Kier molecular flexibility index (Phi) is 11.3. The first-order valence-electron chi connectivity index (χ1n) is 12.2. The van der Waals surface area contributed by atoms with Gasteiger partial charge in [0, 0.05) is 6.54 Å². The number of benzene rings is 2. The minimum atomic E-state index is -0.198. The van der Waals surface area contributed by atoms with Crippen LogP contribution in [0.3, 0.4) is 0 Å². The first-order valence-corrected chi connectivity index (χ1v) is 12.2. The summed E-state index contributed by atoms with van der Waals surface area (Å²) in [6.45, 7) is 13.2. The molecule has 32 heavy (non-hydrogen) atoms. The van der Waals surface area contributed by atoms with Crippen LogP contribution in [0.4, 0.5) is 0 Å². The Balaban J connectivity index is 2.05. The van der Waals surface area contributed by atoms with Crippen molar-refractivity contribution >= 4 is 5.91 Å². The van der Waals surface area contributed by atoms with Crippen LogP contribution in [0.5, 0.6) is 5.75 Å². The van der Waals surface area contributed by atoms with Crippen LogP contribution in [0, 0.1) is 11.8 Å². The van der Waals surface area contributed by atoms with Gasteiger partial charge >= 0.3 is 0 Å². The Hall–Kier alpha value is -2.33. The number of carbonyl (C=O) groups is 1. The highest BCUT2D eigenvalue weighted by molar-refractivity contribution is 5.83. The minimum absolute atomic E-state index is 0.0419. The first-order chi connectivity index (χ1) is 15.4. The van der Waals surface area contributed by atoms with E-state index >= 15 is 0 Å². The van der Waals surface area contributed by atoms with Crippen LogP contribution in [0.15, 0.2) is 54.6 Å². The van der Waals surface area contributed by atoms with Crippen molar-refractivity contribution in [1.82, 2.24) is 10.6 Å². The topological polar surface area (TPSA) is 50.4 Å². The van der Waals surface area contributed by atoms with E-state index in [1.165, 1.54) is 12.8 Å². The van der Waals surface area contributed by atoms with Crippen molar-refractivity contribution in [2.45, 2.75) is 65.8 Å². The molecule has 0 aliphatic rings. The zero-order chi connectivity index (χ0) is 23.3. The summed E-state index contributed by atoms with van der Waals surface area (Å²) in [5, 5.41) is 6.81. The summed E-state index contributed by atoms with van der Waals surface area (Å²) in [4.78, 5) is 13.0. The van der Waals surface area contributed by atoms with Gasteiger partial charge in [-0.05, 0) is 55.0 Å². The minimum Gasteiger partial charge on any atom is -0.493 e. The zero-order valence-corrected chi connectivity index (χ0v) is 20.6. The molecule has 0 fully saturated rings.